The Morgan fingerprint density at radius 2 is 1.92 bits per heavy atom. The molecule has 0 heterocycles. The van der Waals surface area contributed by atoms with Gasteiger partial charge in [-0.3, -0.25) is 4.79 Å². The van der Waals surface area contributed by atoms with Crippen LogP contribution >= 0.6 is 0 Å². The highest BCUT2D eigenvalue weighted by molar-refractivity contribution is 5.69. The van der Waals surface area contributed by atoms with E-state index in [1.165, 1.54) is 0 Å². The number of hydrogen-bond acceptors (Lipinski definition) is 2. The summed E-state index contributed by atoms with van der Waals surface area (Å²) in [6.07, 6.45) is 6.43. The maximum Gasteiger partial charge on any atom is 0.306 e. The summed E-state index contributed by atoms with van der Waals surface area (Å²) in [7, 11) is 0. The molecule has 12 heavy (non-hydrogen) atoms. The monoisotopic (exact) mass is 168 g/mol. The Morgan fingerprint density at radius 3 is 2.50 bits per heavy atom. The van der Waals surface area contributed by atoms with Crippen molar-refractivity contribution in [3.8, 4) is 0 Å². The minimum Gasteiger partial charge on any atom is -0.466 e. The molecule has 2 heteroatoms. The number of unbranched alkanes of at least 4 members (excludes halogenated alkanes) is 1. The van der Waals surface area contributed by atoms with Gasteiger partial charge in [-0.25, -0.2) is 0 Å². The number of rotatable bonds is 7. The van der Waals surface area contributed by atoms with Crippen LogP contribution in [0.1, 0.15) is 25.7 Å². The van der Waals surface area contributed by atoms with Crippen molar-refractivity contribution in [2.24, 2.45) is 0 Å². The summed E-state index contributed by atoms with van der Waals surface area (Å²) in [4.78, 5) is 10.9. The van der Waals surface area contributed by atoms with E-state index >= 15 is 0 Å². The minimum absolute atomic E-state index is 0.140. The Bertz CT molecular complexity index is 150. The Morgan fingerprint density at radius 1 is 1.25 bits per heavy atom. The Balaban J connectivity index is 3.19. The Labute approximate surface area is 73.9 Å². The third-order valence-electron chi connectivity index (χ3n) is 1.37. The summed E-state index contributed by atoms with van der Waals surface area (Å²) in [5, 5.41) is 0. The van der Waals surface area contributed by atoms with Crippen LogP contribution in [0.4, 0.5) is 0 Å². The lowest BCUT2D eigenvalue weighted by molar-refractivity contribution is -0.143. The van der Waals surface area contributed by atoms with Gasteiger partial charge in [-0.05, 0) is 19.3 Å². The van der Waals surface area contributed by atoms with Crippen molar-refractivity contribution < 1.29 is 9.53 Å². The molecule has 0 bridgehead atoms. The van der Waals surface area contributed by atoms with Crippen molar-refractivity contribution in [2.45, 2.75) is 25.7 Å². The van der Waals surface area contributed by atoms with Crippen molar-refractivity contribution in [2.75, 3.05) is 6.61 Å². The molecule has 0 fully saturated rings. The predicted molar refractivity (Wildman–Crippen MR) is 49.8 cm³/mol. The van der Waals surface area contributed by atoms with Crippen LogP contribution in [-0.2, 0) is 9.53 Å². The summed E-state index contributed by atoms with van der Waals surface area (Å²) in [5.41, 5.74) is 0. The number of carbonyl (C=O) groups excluding carboxylic acids is 1. The average Bonchev–Trinajstić information content (AvgIpc) is 2.09. The molecule has 0 aromatic carbocycles. The van der Waals surface area contributed by atoms with Crippen LogP contribution in [-0.4, -0.2) is 12.6 Å². The first kappa shape index (κ1) is 11.0. The van der Waals surface area contributed by atoms with Crippen LogP contribution in [0.3, 0.4) is 0 Å². The smallest absolute Gasteiger partial charge is 0.306 e. The summed E-state index contributed by atoms with van der Waals surface area (Å²) in [6, 6.07) is 0. The van der Waals surface area contributed by atoms with Crippen LogP contribution in [0.5, 0.6) is 0 Å². The maximum atomic E-state index is 10.9. The van der Waals surface area contributed by atoms with Gasteiger partial charge in [0, 0.05) is 6.42 Å². The van der Waals surface area contributed by atoms with Gasteiger partial charge >= 0.3 is 5.97 Å². The molecule has 68 valence electrons. The average molecular weight is 168 g/mol. The van der Waals surface area contributed by atoms with Crippen molar-refractivity contribution in [3.05, 3.63) is 25.3 Å². The molecule has 0 aliphatic carbocycles. The second-order valence-electron chi connectivity index (χ2n) is 2.48. The van der Waals surface area contributed by atoms with Gasteiger partial charge in [-0.15, -0.1) is 13.2 Å². The molecule has 0 saturated carbocycles. The van der Waals surface area contributed by atoms with Crippen LogP contribution in [0.15, 0.2) is 25.3 Å². The third kappa shape index (κ3) is 7.06. The second kappa shape index (κ2) is 8.05. The molecule has 0 aromatic rings. The van der Waals surface area contributed by atoms with Crippen LogP contribution in [0, 0.1) is 0 Å². The molecule has 0 N–H and O–H groups in total. The fourth-order valence-corrected chi connectivity index (χ4v) is 0.706. The van der Waals surface area contributed by atoms with Crippen LogP contribution in [0.2, 0.25) is 0 Å². The second-order valence-corrected chi connectivity index (χ2v) is 2.48. The molecule has 0 aliphatic rings. The highest BCUT2D eigenvalue weighted by Gasteiger charge is 1.98. The largest absolute Gasteiger partial charge is 0.466 e. The number of ether oxygens (including phenoxy) is 1. The normalized spacial score (nSPS) is 9.00. The highest BCUT2D eigenvalue weighted by Crippen LogP contribution is 1.96. The zero-order chi connectivity index (χ0) is 9.23. The van der Waals surface area contributed by atoms with Crippen molar-refractivity contribution >= 4 is 5.97 Å². The lowest BCUT2D eigenvalue weighted by atomic mass is 10.3. The molecular formula is C10H16O2. The van der Waals surface area contributed by atoms with E-state index in [1.807, 2.05) is 6.08 Å². The van der Waals surface area contributed by atoms with Crippen molar-refractivity contribution in [1.82, 2.24) is 0 Å². The van der Waals surface area contributed by atoms with E-state index in [0.717, 1.165) is 12.8 Å². The van der Waals surface area contributed by atoms with E-state index in [2.05, 4.69) is 13.2 Å². The first-order valence-corrected chi connectivity index (χ1v) is 4.18. The quantitative estimate of drug-likeness (QED) is 0.331. The molecule has 0 unspecified atom stereocenters. The molecule has 0 spiro atoms. The van der Waals surface area contributed by atoms with E-state index in [-0.39, 0.29) is 5.97 Å². The highest BCUT2D eigenvalue weighted by atomic mass is 16.5. The van der Waals surface area contributed by atoms with Gasteiger partial charge in [0.2, 0.25) is 0 Å². The van der Waals surface area contributed by atoms with Gasteiger partial charge in [-0.1, -0.05) is 12.2 Å². The standard InChI is InChI=1S/C10H16O2/c1-3-5-7-9-12-10(11)8-6-4-2/h3-4H,1-2,5-9H2. The number of hydrogen-bond donors (Lipinski definition) is 0. The van der Waals surface area contributed by atoms with E-state index in [4.69, 9.17) is 4.74 Å². The Kier molecular flexibility index (Phi) is 7.35. The summed E-state index contributed by atoms with van der Waals surface area (Å²) < 4.78 is 4.91. The van der Waals surface area contributed by atoms with Gasteiger partial charge in [0.15, 0.2) is 0 Å². The van der Waals surface area contributed by atoms with Crippen molar-refractivity contribution in [3.63, 3.8) is 0 Å². The first-order chi connectivity index (χ1) is 5.81. The maximum absolute atomic E-state index is 10.9. The first-order valence-electron chi connectivity index (χ1n) is 4.18. The molecule has 2 nitrogen and oxygen atoms in total. The summed E-state index contributed by atoms with van der Waals surface area (Å²) in [6.45, 7) is 7.60. The zero-order valence-electron chi connectivity index (χ0n) is 7.42. The molecule has 0 aliphatic heterocycles. The predicted octanol–water partition coefficient (Wildman–Crippen LogP) is 2.46. The summed E-state index contributed by atoms with van der Waals surface area (Å²) >= 11 is 0. The van der Waals surface area contributed by atoms with Gasteiger partial charge in [0.25, 0.3) is 0 Å². The molecule has 0 rings (SSSR count). The molecule has 0 amide bonds. The SMILES string of the molecule is C=CCCCOC(=O)CCC=C. The van der Waals surface area contributed by atoms with Gasteiger partial charge in [-0.2, -0.15) is 0 Å². The van der Waals surface area contributed by atoms with Gasteiger partial charge in [0.05, 0.1) is 6.61 Å². The minimum atomic E-state index is -0.140. The molecule has 0 saturated heterocycles. The van der Waals surface area contributed by atoms with Crippen LogP contribution in [0.25, 0.3) is 0 Å². The fraction of sp³-hybridized carbons (Fsp3) is 0.500. The van der Waals surface area contributed by atoms with E-state index < -0.39 is 0 Å². The molecule has 0 atom stereocenters. The van der Waals surface area contributed by atoms with Gasteiger partial charge in [0.1, 0.15) is 0 Å². The number of esters is 1. The van der Waals surface area contributed by atoms with Crippen LogP contribution < -0.4 is 0 Å². The third-order valence-corrected chi connectivity index (χ3v) is 1.37. The lowest BCUT2D eigenvalue weighted by Crippen LogP contribution is -2.04. The zero-order valence-corrected chi connectivity index (χ0v) is 7.42. The fourth-order valence-electron chi connectivity index (χ4n) is 0.706. The molecule has 0 radical (unpaired) electrons. The lowest BCUT2D eigenvalue weighted by Gasteiger charge is -2.01. The van der Waals surface area contributed by atoms with E-state index in [9.17, 15) is 4.79 Å². The Hall–Kier alpha value is -1.05. The number of allylic oxidation sites excluding steroid dienone is 2. The molecular weight excluding hydrogens is 152 g/mol. The van der Waals surface area contributed by atoms with Crippen molar-refractivity contribution in [1.29, 1.82) is 0 Å². The van der Waals surface area contributed by atoms with E-state index in [1.54, 1.807) is 6.08 Å². The van der Waals surface area contributed by atoms with Gasteiger partial charge < -0.3 is 4.74 Å². The van der Waals surface area contributed by atoms with E-state index in [0.29, 0.717) is 19.4 Å². The summed E-state index contributed by atoms with van der Waals surface area (Å²) in [5.74, 6) is -0.140. The number of carbonyl (C=O) groups is 1. The topological polar surface area (TPSA) is 26.3 Å². The molecule has 0 aromatic heterocycles.